The van der Waals surface area contributed by atoms with Crippen molar-refractivity contribution < 1.29 is 4.74 Å². The molecule has 0 radical (unpaired) electrons. The largest absolute Gasteiger partial charge is 0.380 e. The minimum Gasteiger partial charge on any atom is -0.380 e. The third-order valence-corrected chi connectivity index (χ3v) is 2.72. The lowest BCUT2D eigenvalue weighted by Gasteiger charge is -2.05. The van der Waals surface area contributed by atoms with E-state index < -0.39 is 0 Å². The molecule has 1 heterocycles. The summed E-state index contributed by atoms with van der Waals surface area (Å²) in [4.78, 5) is 0. The summed E-state index contributed by atoms with van der Waals surface area (Å²) in [6.45, 7) is 6.69. The van der Waals surface area contributed by atoms with E-state index in [9.17, 15) is 0 Å². The zero-order valence-corrected chi connectivity index (χ0v) is 11.5. The predicted molar refractivity (Wildman–Crippen MR) is 69.3 cm³/mol. The number of aromatic nitrogens is 3. The van der Waals surface area contributed by atoms with Gasteiger partial charge >= 0.3 is 0 Å². The first-order valence-electron chi connectivity index (χ1n) is 6.25. The Kier molecular flexibility index (Phi) is 7.21. The van der Waals surface area contributed by atoms with Gasteiger partial charge in [0.05, 0.1) is 18.8 Å². The van der Waals surface area contributed by atoms with Crippen LogP contribution in [0.1, 0.15) is 32.4 Å². The van der Waals surface area contributed by atoms with Crippen molar-refractivity contribution in [1.29, 1.82) is 0 Å². The second-order valence-corrected chi connectivity index (χ2v) is 4.94. The number of hydrogen-bond donors (Lipinski definition) is 0. The van der Waals surface area contributed by atoms with E-state index in [1.54, 1.807) is 0 Å². The highest BCUT2D eigenvalue weighted by atomic mass is 35.5. The molecule has 1 rings (SSSR count). The van der Waals surface area contributed by atoms with E-state index in [1.165, 1.54) is 0 Å². The van der Waals surface area contributed by atoms with Gasteiger partial charge in [0.1, 0.15) is 0 Å². The Labute approximate surface area is 108 Å². The summed E-state index contributed by atoms with van der Waals surface area (Å²) in [5, 5.41) is 8.13. The van der Waals surface area contributed by atoms with Gasteiger partial charge in [-0.2, -0.15) is 0 Å². The molecule has 0 atom stereocenters. The van der Waals surface area contributed by atoms with Crippen LogP contribution in [0.5, 0.6) is 0 Å². The highest BCUT2D eigenvalue weighted by Gasteiger charge is 2.00. The minimum absolute atomic E-state index is 0.672. The molecule has 0 fully saturated rings. The van der Waals surface area contributed by atoms with Gasteiger partial charge in [0.15, 0.2) is 0 Å². The molecule has 0 aliphatic heterocycles. The van der Waals surface area contributed by atoms with Crippen LogP contribution in [0.3, 0.4) is 0 Å². The molecule has 0 saturated carbocycles. The van der Waals surface area contributed by atoms with E-state index >= 15 is 0 Å². The molecule has 0 aliphatic rings. The van der Waals surface area contributed by atoms with Crippen LogP contribution in [0.4, 0.5) is 0 Å². The quantitative estimate of drug-likeness (QED) is 0.505. The maximum Gasteiger partial charge on any atom is 0.0827 e. The lowest BCUT2D eigenvalue weighted by atomic mass is 10.1. The van der Waals surface area contributed by atoms with Crippen LogP contribution in [0, 0.1) is 5.92 Å². The number of nitrogens with zero attached hydrogens (tertiary/aromatic N) is 3. The van der Waals surface area contributed by atoms with Crippen molar-refractivity contribution in [2.45, 2.75) is 39.7 Å². The number of rotatable bonds is 9. The van der Waals surface area contributed by atoms with Crippen molar-refractivity contribution in [3.05, 3.63) is 11.9 Å². The Bertz CT molecular complexity index is 302. The van der Waals surface area contributed by atoms with Crippen LogP contribution >= 0.6 is 11.6 Å². The Morgan fingerprint density at radius 2 is 2.24 bits per heavy atom. The van der Waals surface area contributed by atoms with Crippen molar-refractivity contribution in [3.8, 4) is 0 Å². The summed E-state index contributed by atoms with van der Waals surface area (Å²) in [6.07, 6.45) is 4.93. The second-order valence-electron chi connectivity index (χ2n) is 4.56. The molecule has 0 saturated heterocycles. The average molecular weight is 260 g/mol. The Balaban J connectivity index is 2.12. The first-order valence-corrected chi connectivity index (χ1v) is 6.78. The summed E-state index contributed by atoms with van der Waals surface area (Å²) in [5.41, 5.74) is 1.01. The van der Waals surface area contributed by atoms with E-state index in [0.717, 1.165) is 38.1 Å². The third-order valence-electron chi connectivity index (χ3n) is 2.46. The second kappa shape index (κ2) is 8.48. The fraction of sp³-hybridized carbons (Fsp3) is 0.833. The monoisotopic (exact) mass is 259 g/mol. The van der Waals surface area contributed by atoms with Crippen molar-refractivity contribution >= 4 is 11.6 Å². The van der Waals surface area contributed by atoms with E-state index in [4.69, 9.17) is 16.3 Å². The van der Waals surface area contributed by atoms with Gasteiger partial charge in [-0.1, -0.05) is 19.1 Å². The van der Waals surface area contributed by atoms with Gasteiger partial charge in [0.25, 0.3) is 0 Å². The van der Waals surface area contributed by atoms with E-state index in [-0.39, 0.29) is 0 Å². The molecule has 0 aliphatic carbocycles. The van der Waals surface area contributed by atoms with Crippen LogP contribution in [-0.2, 0) is 17.7 Å². The summed E-state index contributed by atoms with van der Waals surface area (Å²) in [7, 11) is 0. The molecular formula is C12H22ClN3O. The van der Waals surface area contributed by atoms with E-state index in [2.05, 4.69) is 24.2 Å². The van der Waals surface area contributed by atoms with Gasteiger partial charge in [-0.3, -0.25) is 0 Å². The van der Waals surface area contributed by atoms with Crippen LogP contribution in [0.25, 0.3) is 0 Å². The fourth-order valence-electron chi connectivity index (χ4n) is 1.39. The molecule has 0 aromatic carbocycles. The number of hydrogen-bond acceptors (Lipinski definition) is 3. The predicted octanol–water partition coefficient (Wildman–Crippen LogP) is 2.51. The zero-order valence-electron chi connectivity index (χ0n) is 10.7. The molecule has 0 amide bonds. The van der Waals surface area contributed by atoms with Crippen LogP contribution in [-0.4, -0.2) is 34.1 Å². The average Bonchev–Trinajstić information content (AvgIpc) is 2.73. The normalized spacial score (nSPS) is 11.3. The van der Waals surface area contributed by atoms with Gasteiger partial charge in [-0.25, -0.2) is 4.68 Å². The lowest BCUT2D eigenvalue weighted by molar-refractivity contribution is 0.113. The van der Waals surface area contributed by atoms with Gasteiger partial charge in [0, 0.05) is 18.7 Å². The van der Waals surface area contributed by atoms with E-state index in [0.29, 0.717) is 18.4 Å². The number of aryl methyl sites for hydroxylation is 1. The van der Waals surface area contributed by atoms with Crippen molar-refractivity contribution in [1.82, 2.24) is 15.0 Å². The first-order chi connectivity index (χ1) is 8.22. The molecule has 0 unspecified atom stereocenters. The molecule has 1 aromatic heterocycles. The minimum atomic E-state index is 0.672. The Morgan fingerprint density at radius 1 is 1.41 bits per heavy atom. The maximum atomic E-state index is 5.63. The summed E-state index contributed by atoms with van der Waals surface area (Å²) in [6, 6.07) is 0. The lowest BCUT2D eigenvalue weighted by Crippen LogP contribution is -2.08. The Morgan fingerprint density at radius 3 is 2.94 bits per heavy atom. The van der Waals surface area contributed by atoms with Gasteiger partial charge in [-0.15, -0.1) is 16.7 Å². The summed E-state index contributed by atoms with van der Waals surface area (Å²) < 4.78 is 7.36. The smallest absolute Gasteiger partial charge is 0.0827 e. The molecular weight excluding hydrogens is 238 g/mol. The summed E-state index contributed by atoms with van der Waals surface area (Å²) in [5.74, 6) is 1.37. The number of halogens is 1. The third kappa shape index (κ3) is 6.64. The molecule has 98 valence electrons. The van der Waals surface area contributed by atoms with Crippen LogP contribution < -0.4 is 0 Å². The number of alkyl halides is 1. The molecule has 0 spiro atoms. The Hall–Kier alpha value is -0.610. The van der Waals surface area contributed by atoms with Crippen molar-refractivity contribution in [2.75, 3.05) is 19.1 Å². The SMILES string of the molecule is CC(C)CCOCCn1cc(CCCCl)nn1. The maximum absolute atomic E-state index is 5.63. The number of ether oxygens (including phenoxy) is 1. The molecule has 5 heteroatoms. The van der Waals surface area contributed by atoms with Gasteiger partial charge in [-0.05, 0) is 25.2 Å². The first kappa shape index (κ1) is 14.5. The summed E-state index contributed by atoms with van der Waals surface area (Å²) >= 11 is 5.63. The van der Waals surface area contributed by atoms with Crippen molar-refractivity contribution in [3.63, 3.8) is 0 Å². The fourth-order valence-corrected chi connectivity index (χ4v) is 1.52. The molecule has 0 N–H and O–H groups in total. The molecule has 17 heavy (non-hydrogen) atoms. The molecule has 0 bridgehead atoms. The standard InChI is InChI=1S/C12H22ClN3O/c1-11(2)5-8-17-9-7-16-10-12(14-15-16)4-3-6-13/h10-11H,3-9H2,1-2H3. The van der Waals surface area contributed by atoms with E-state index in [1.807, 2.05) is 10.9 Å². The highest BCUT2D eigenvalue weighted by Crippen LogP contribution is 2.01. The molecule has 4 nitrogen and oxygen atoms in total. The van der Waals surface area contributed by atoms with Crippen LogP contribution in [0.2, 0.25) is 0 Å². The topological polar surface area (TPSA) is 39.9 Å². The van der Waals surface area contributed by atoms with Gasteiger partial charge in [0.2, 0.25) is 0 Å². The van der Waals surface area contributed by atoms with Crippen molar-refractivity contribution in [2.24, 2.45) is 5.92 Å². The van der Waals surface area contributed by atoms with Gasteiger partial charge < -0.3 is 4.74 Å². The molecule has 1 aromatic rings. The van der Waals surface area contributed by atoms with Crippen LogP contribution in [0.15, 0.2) is 6.20 Å². The highest BCUT2D eigenvalue weighted by molar-refractivity contribution is 6.17. The zero-order chi connectivity index (χ0) is 12.5.